The second-order valence-electron chi connectivity index (χ2n) is 3.47. The molecule has 0 radical (unpaired) electrons. The van der Waals surface area contributed by atoms with Crippen LogP contribution in [0, 0.1) is 5.82 Å². The summed E-state index contributed by atoms with van der Waals surface area (Å²) in [6.45, 7) is 0.695. The lowest BCUT2D eigenvalue weighted by Crippen LogP contribution is -2.53. The second-order valence-corrected chi connectivity index (χ2v) is 3.47. The van der Waals surface area contributed by atoms with Crippen molar-refractivity contribution in [1.82, 2.24) is 0 Å². The summed E-state index contributed by atoms with van der Waals surface area (Å²) in [5.41, 5.74) is 0.471. The highest BCUT2D eigenvalue weighted by molar-refractivity contribution is 5.82. The average Bonchev–Trinajstić information content (AvgIpc) is 2.19. The number of rotatable bonds is 2. The molecular formula is C11H12FNO2. The first-order valence-electron chi connectivity index (χ1n) is 4.83. The first-order valence-corrected chi connectivity index (χ1v) is 4.83. The van der Waals surface area contributed by atoms with Crippen molar-refractivity contribution in [2.24, 2.45) is 0 Å². The predicted octanol–water partition coefficient (Wildman–Crippen LogP) is 1.58. The molecule has 0 bridgehead atoms. The standard InChI is InChI=1S/C11H12FNO2/c1-15-11(14)10-6-7-13(10)9-5-3-2-4-8(9)12/h2-5,10H,6-7H2,1H3. The van der Waals surface area contributed by atoms with Gasteiger partial charge in [-0.3, -0.25) is 0 Å². The van der Waals surface area contributed by atoms with Crippen LogP contribution in [0.25, 0.3) is 0 Å². The van der Waals surface area contributed by atoms with Crippen molar-refractivity contribution in [3.05, 3.63) is 30.1 Å². The van der Waals surface area contributed by atoms with Crippen molar-refractivity contribution in [2.45, 2.75) is 12.5 Å². The van der Waals surface area contributed by atoms with E-state index in [4.69, 9.17) is 0 Å². The van der Waals surface area contributed by atoms with Gasteiger partial charge in [0.2, 0.25) is 0 Å². The van der Waals surface area contributed by atoms with E-state index in [0.717, 1.165) is 6.42 Å². The maximum absolute atomic E-state index is 13.4. The van der Waals surface area contributed by atoms with Crippen LogP contribution in [0.4, 0.5) is 10.1 Å². The third kappa shape index (κ3) is 1.67. The highest BCUT2D eigenvalue weighted by Gasteiger charge is 2.36. The number of halogens is 1. The Morgan fingerprint density at radius 1 is 1.53 bits per heavy atom. The molecule has 1 fully saturated rings. The number of para-hydroxylation sites is 1. The van der Waals surface area contributed by atoms with E-state index < -0.39 is 0 Å². The maximum Gasteiger partial charge on any atom is 0.328 e. The lowest BCUT2D eigenvalue weighted by atomic mass is 10.0. The molecule has 1 heterocycles. The minimum Gasteiger partial charge on any atom is -0.467 e. The highest BCUT2D eigenvalue weighted by atomic mass is 19.1. The Balaban J connectivity index is 2.19. The lowest BCUT2D eigenvalue weighted by molar-refractivity contribution is -0.143. The van der Waals surface area contributed by atoms with Crippen LogP contribution >= 0.6 is 0 Å². The molecule has 0 N–H and O–H groups in total. The molecule has 1 atom stereocenters. The number of hydrogen-bond acceptors (Lipinski definition) is 3. The average molecular weight is 209 g/mol. The van der Waals surface area contributed by atoms with Gasteiger partial charge in [-0.25, -0.2) is 9.18 Å². The van der Waals surface area contributed by atoms with Crippen LogP contribution in [0.5, 0.6) is 0 Å². The van der Waals surface area contributed by atoms with Gasteiger partial charge in [0, 0.05) is 6.54 Å². The molecule has 1 aliphatic heterocycles. The number of anilines is 1. The van der Waals surface area contributed by atoms with Crippen molar-refractivity contribution in [3.63, 3.8) is 0 Å². The van der Waals surface area contributed by atoms with E-state index >= 15 is 0 Å². The lowest BCUT2D eigenvalue weighted by Gasteiger charge is -2.40. The van der Waals surface area contributed by atoms with Gasteiger partial charge in [0.1, 0.15) is 11.9 Å². The molecule has 0 saturated carbocycles. The first kappa shape index (κ1) is 9.96. The molecule has 3 nitrogen and oxygen atoms in total. The van der Waals surface area contributed by atoms with Gasteiger partial charge in [-0.05, 0) is 18.6 Å². The van der Waals surface area contributed by atoms with Gasteiger partial charge in [0.15, 0.2) is 0 Å². The van der Waals surface area contributed by atoms with Gasteiger partial charge >= 0.3 is 5.97 Å². The number of benzene rings is 1. The Kier molecular flexibility index (Phi) is 2.58. The molecule has 0 aromatic heterocycles. The van der Waals surface area contributed by atoms with Gasteiger partial charge in [0.05, 0.1) is 12.8 Å². The fraction of sp³-hybridized carbons (Fsp3) is 0.364. The SMILES string of the molecule is COC(=O)C1CCN1c1ccccc1F. The number of hydrogen-bond donors (Lipinski definition) is 0. The normalized spacial score (nSPS) is 19.6. The molecule has 1 aliphatic rings. The van der Waals surface area contributed by atoms with E-state index in [9.17, 15) is 9.18 Å². The van der Waals surface area contributed by atoms with Crippen molar-refractivity contribution in [3.8, 4) is 0 Å². The molecule has 15 heavy (non-hydrogen) atoms. The number of ether oxygens (including phenoxy) is 1. The molecule has 1 aromatic carbocycles. The van der Waals surface area contributed by atoms with Gasteiger partial charge < -0.3 is 9.64 Å². The monoisotopic (exact) mass is 209 g/mol. The fourth-order valence-electron chi connectivity index (χ4n) is 1.74. The summed E-state index contributed by atoms with van der Waals surface area (Å²) in [4.78, 5) is 13.0. The van der Waals surface area contributed by atoms with Crippen molar-refractivity contribution >= 4 is 11.7 Å². The van der Waals surface area contributed by atoms with Crippen LogP contribution in [0.3, 0.4) is 0 Å². The number of nitrogens with zero attached hydrogens (tertiary/aromatic N) is 1. The molecular weight excluding hydrogens is 197 g/mol. The molecule has 0 spiro atoms. The van der Waals surface area contributed by atoms with E-state index in [1.807, 2.05) is 0 Å². The molecule has 0 aliphatic carbocycles. The van der Waals surface area contributed by atoms with Crippen LogP contribution in [0.1, 0.15) is 6.42 Å². The third-order valence-electron chi connectivity index (χ3n) is 2.65. The van der Waals surface area contributed by atoms with Crippen molar-refractivity contribution in [2.75, 3.05) is 18.6 Å². The van der Waals surface area contributed by atoms with E-state index in [0.29, 0.717) is 12.2 Å². The second kappa shape index (κ2) is 3.88. The van der Waals surface area contributed by atoms with Crippen LogP contribution in [0.15, 0.2) is 24.3 Å². The Morgan fingerprint density at radius 3 is 2.80 bits per heavy atom. The van der Waals surface area contributed by atoms with Crippen LogP contribution in [0.2, 0.25) is 0 Å². The van der Waals surface area contributed by atoms with Crippen LogP contribution < -0.4 is 4.90 Å². The number of esters is 1. The van der Waals surface area contributed by atoms with E-state index in [2.05, 4.69) is 4.74 Å². The summed E-state index contributed by atoms with van der Waals surface area (Å²) < 4.78 is 18.1. The molecule has 80 valence electrons. The third-order valence-corrected chi connectivity index (χ3v) is 2.65. The van der Waals surface area contributed by atoms with Gasteiger partial charge in [0.25, 0.3) is 0 Å². The van der Waals surface area contributed by atoms with Crippen LogP contribution in [-0.4, -0.2) is 25.7 Å². The summed E-state index contributed by atoms with van der Waals surface area (Å²) >= 11 is 0. The topological polar surface area (TPSA) is 29.5 Å². The predicted molar refractivity (Wildman–Crippen MR) is 54.2 cm³/mol. The summed E-state index contributed by atoms with van der Waals surface area (Å²) in [5.74, 6) is -0.601. The molecule has 2 rings (SSSR count). The largest absolute Gasteiger partial charge is 0.467 e. The Morgan fingerprint density at radius 2 is 2.27 bits per heavy atom. The zero-order valence-electron chi connectivity index (χ0n) is 8.44. The zero-order chi connectivity index (χ0) is 10.8. The summed E-state index contributed by atoms with van der Waals surface area (Å²) in [5, 5.41) is 0. The number of methoxy groups -OCH3 is 1. The van der Waals surface area contributed by atoms with Gasteiger partial charge in [-0.1, -0.05) is 12.1 Å². The van der Waals surface area contributed by atoms with E-state index in [-0.39, 0.29) is 17.8 Å². The molecule has 1 aromatic rings. The highest BCUT2D eigenvalue weighted by Crippen LogP contribution is 2.29. The number of carbonyl (C=O) groups is 1. The van der Waals surface area contributed by atoms with Crippen molar-refractivity contribution in [1.29, 1.82) is 0 Å². The minimum atomic E-state index is -0.327. The summed E-state index contributed by atoms with van der Waals surface area (Å²) in [6.07, 6.45) is 0.723. The maximum atomic E-state index is 13.4. The Hall–Kier alpha value is -1.58. The molecule has 1 saturated heterocycles. The Bertz CT molecular complexity index is 381. The van der Waals surface area contributed by atoms with Gasteiger partial charge in [-0.15, -0.1) is 0 Å². The minimum absolute atomic E-state index is 0.300. The fourth-order valence-corrected chi connectivity index (χ4v) is 1.74. The smallest absolute Gasteiger partial charge is 0.328 e. The zero-order valence-corrected chi connectivity index (χ0v) is 8.44. The Labute approximate surface area is 87.5 Å². The summed E-state index contributed by atoms with van der Waals surface area (Å²) in [7, 11) is 1.35. The number of carbonyl (C=O) groups excluding carboxylic acids is 1. The molecule has 0 amide bonds. The quantitative estimate of drug-likeness (QED) is 0.692. The van der Waals surface area contributed by atoms with Crippen LogP contribution in [-0.2, 0) is 9.53 Å². The van der Waals surface area contributed by atoms with E-state index in [1.165, 1.54) is 13.2 Å². The van der Waals surface area contributed by atoms with Crippen molar-refractivity contribution < 1.29 is 13.9 Å². The molecule has 1 unspecified atom stereocenters. The summed E-state index contributed by atoms with van der Waals surface area (Å²) in [6, 6.07) is 6.12. The van der Waals surface area contributed by atoms with E-state index in [1.54, 1.807) is 23.1 Å². The molecule has 4 heteroatoms. The van der Waals surface area contributed by atoms with Gasteiger partial charge in [-0.2, -0.15) is 0 Å². The first-order chi connectivity index (χ1) is 7.24.